The number of fused-ring (bicyclic) bond motifs is 1. The van der Waals surface area contributed by atoms with Gasteiger partial charge in [0.2, 0.25) is 5.89 Å². The molecule has 0 spiro atoms. The van der Waals surface area contributed by atoms with E-state index in [4.69, 9.17) is 4.52 Å². The molecule has 2 aromatic heterocycles. The lowest BCUT2D eigenvalue weighted by Crippen LogP contribution is -2.22. The van der Waals surface area contributed by atoms with Gasteiger partial charge in [-0.25, -0.2) is 9.97 Å². The number of hydrogen-bond donors (Lipinski definition) is 0. The SMILES string of the molecule is Cc1nc2c(c(C(F)(F)F)n1)C[C@H](c1nc(C3CC3)no1)CC2. The third kappa shape index (κ3) is 2.70. The molecule has 5 nitrogen and oxygen atoms in total. The summed E-state index contributed by atoms with van der Waals surface area (Å²) in [6.07, 6.45) is -1.05. The van der Waals surface area contributed by atoms with Crippen molar-refractivity contribution in [1.82, 2.24) is 20.1 Å². The molecule has 1 atom stereocenters. The molecular weight excluding hydrogens is 309 g/mol. The molecule has 0 bridgehead atoms. The van der Waals surface area contributed by atoms with Crippen molar-refractivity contribution in [3.8, 4) is 0 Å². The molecule has 122 valence electrons. The molecule has 2 aliphatic rings. The highest BCUT2D eigenvalue weighted by Gasteiger charge is 2.40. The Kier molecular flexibility index (Phi) is 3.18. The van der Waals surface area contributed by atoms with Crippen LogP contribution in [0.5, 0.6) is 0 Å². The minimum absolute atomic E-state index is 0.156. The lowest BCUT2D eigenvalue weighted by atomic mass is 9.85. The third-order valence-corrected chi connectivity index (χ3v) is 4.40. The zero-order chi connectivity index (χ0) is 16.2. The quantitative estimate of drug-likeness (QED) is 0.848. The second-order valence-electron chi connectivity index (χ2n) is 6.25. The largest absolute Gasteiger partial charge is 0.433 e. The first-order chi connectivity index (χ1) is 10.9. The fourth-order valence-electron chi connectivity index (χ4n) is 3.10. The van der Waals surface area contributed by atoms with E-state index < -0.39 is 11.9 Å². The summed E-state index contributed by atoms with van der Waals surface area (Å²) in [5.74, 6) is 1.44. The van der Waals surface area contributed by atoms with Crippen LogP contribution in [0.25, 0.3) is 0 Å². The summed E-state index contributed by atoms with van der Waals surface area (Å²) in [5, 5.41) is 3.96. The van der Waals surface area contributed by atoms with Crippen LogP contribution in [0.4, 0.5) is 13.2 Å². The van der Waals surface area contributed by atoms with Gasteiger partial charge in [-0.05, 0) is 39.0 Å². The zero-order valence-electron chi connectivity index (χ0n) is 12.5. The molecule has 1 saturated carbocycles. The fraction of sp³-hybridized carbons (Fsp3) is 0.600. The first kappa shape index (κ1) is 14.6. The van der Waals surface area contributed by atoms with Crippen LogP contribution in [-0.4, -0.2) is 20.1 Å². The van der Waals surface area contributed by atoms with Gasteiger partial charge in [0.05, 0.1) is 0 Å². The molecule has 0 amide bonds. The van der Waals surface area contributed by atoms with Crippen molar-refractivity contribution in [2.45, 2.75) is 57.0 Å². The number of aromatic nitrogens is 4. The van der Waals surface area contributed by atoms with E-state index in [9.17, 15) is 13.2 Å². The first-order valence-electron chi connectivity index (χ1n) is 7.69. The molecule has 0 N–H and O–H groups in total. The lowest BCUT2D eigenvalue weighted by Gasteiger charge is -2.24. The van der Waals surface area contributed by atoms with Gasteiger partial charge >= 0.3 is 6.18 Å². The Balaban J connectivity index is 1.67. The molecule has 2 heterocycles. The molecule has 23 heavy (non-hydrogen) atoms. The Morgan fingerprint density at radius 1 is 1.04 bits per heavy atom. The number of nitrogens with zero attached hydrogens (tertiary/aromatic N) is 4. The Morgan fingerprint density at radius 2 is 1.83 bits per heavy atom. The average molecular weight is 324 g/mol. The van der Waals surface area contributed by atoms with Crippen molar-refractivity contribution in [3.05, 3.63) is 34.5 Å². The second kappa shape index (κ2) is 5.01. The van der Waals surface area contributed by atoms with E-state index in [1.54, 1.807) is 0 Å². The molecular formula is C15H15F3N4O. The highest BCUT2D eigenvalue weighted by Crippen LogP contribution is 2.41. The van der Waals surface area contributed by atoms with Gasteiger partial charge in [0.25, 0.3) is 0 Å². The molecule has 0 unspecified atom stereocenters. The maximum absolute atomic E-state index is 13.3. The molecule has 1 fully saturated rings. The Labute approximate surface area is 130 Å². The van der Waals surface area contributed by atoms with Crippen molar-refractivity contribution in [2.75, 3.05) is 0 Å². The van der Waals surface area contributed by atoms with Crippen LogP contribution in [-0.2, 0) is 19.0 Å². The lowest BCUT2D eigenvalue weighted by molar-refractivity contribution is -0.142. The molecule has 2 aromatic rings. The minimum Gasteiger partial charge on any atom is -0.339 e. The van der Waals surface area contributed by atoms with Gasteiger partial charge in [0.15, 0.2) is 11.5 Å². The summed E-state index contributed by atoms with van der Waals surface area (Å²) in [7, 11) is 0. The predicted octanol–water partition coefficient (Wildman–Crippen LogP) is 3.34. The van der Waals surface area contributed by atoms with Gasteiger partial charge in [-0.1, -0.05) is 5.16 Å². The molecule has 4 rings (SSSR count). The highest BCUT2D eigenvalue weighted by atomic mass is 19.4. The molecule has 2 aliphatic carbocycles. The average Bonchev–Trinajstić information content (AvgIpc) is 3.22. The van der Waals surface area contributed by atoms with Crippen LogP contribution in [0, 0.1) is 6.92 Å². The van der Waals surface area contributed by atoms with E-state index in [0.29, 0.717) is 36.2 Å². The Morgan fingerprint density at radius 3 is 2.52 bits per heavy atom. The maximum atomic E-state index is 13.3. The van der Waals surface area contributed by atoms with Gasteiger partial charge in [-0.3, -0.25) is 0 Å². The van der Waals surface area contributed by atoms with E-state index in [1.165, 1.54) is 6.92 Å². The van der Waals surface area contributed by atoms with Crippen molar-refractivity contribution in [3.63, 3.8) is 0 Å². The third-order valence-electron chi connectivity index (χ3n) is 4.40. The van der Waals surface area contributed by atoms with E-state index >= 15 is 0 Å². The van der Waals surface area contributed by atoms with E-state index in [0.717, 1.165) is 12.8 Å². The van der Waals surface area contributed by atoms with Gasteiger partial charge in [-0.2, -0.15) is 18.2 Å². The summed E-state index contributed by atoms with van der Waals surface area (Å²) in [6, 6.07) is 0. The second-order valence-corrected chi connectivity index (χ2v) is 6.25. The summed E-state index contributed by atoms with van der Waals surface area (Å²) in [4.78, 5) is 12.2. The van der Waals surface area contributed by atoms with Gasteiger partial charge in [-0.15, -0.1) is 0 Å². The van der Waals surface area contributed by atoms with Crippen molar-refractivity contribution in [1.29, 1.82) is 0 Å². The number of halogens is 3. The van der Waals surface area contributed by atoms with Gasteiger partial charge in [0, 0.05) is 23.1 Å². The van der Waals surface area contributed by atoms with Crippen LogP contribution >= 0.6 is 0 Å². The first-order valence-corrected chi connectivity index (χ1v) is 7.69. The minimum atomic E-state index is -4.48. The van der Waals surface area contributed by atoms with Gasteiger partial charge in [0.1, 0.15) is 5.82 Å². The predicted molar refractivity (Wildman–Crippen MR) is 72.8 cm³/mol. The maximum Gasteiger partial charge on any atom is 0.433 e. The number of aryl methyl sites for hydroxylation is 2. The van der Waals surface area contributed by atoms with E-state index in [-0.39, 0.29) is 23.7 Å². The fourth-order valence-corrected chi connectivity index (χ4v) is 3.10. The summed E-state index contributed by atoms with van der Waals surface area (Å²) in [5.41, 5.74) is -0.167. The molecule has 0 radical (unpaired) electrons. The molecule has 8 heteroatoms. The highest BCUT2D eigenvalue weighted by molar-refractivity contribution is 5.32. The number of rotatable bonds is 2. The topological polar surface area (TPSA) is 64.7 Å². The summed E-state index contributed by atoms with van der Waals surface area (Å²) >= 11 is 0. The standard InChI is InChI=1S/C15H15F3N4O/c1-7-19-11-5-4-9(6-10(11)12(20-7)15(16,17)18)14-21-13(22-23-14)8-2-3-8/h8-9H,2-6H2,1H3/t9-/m1/s1. The van der Waals surface area contributed by atoms with Crippen LogP contribution in [0.3, 0.4) is 0 Å². The van der Waals surface area contributed by atoms with Crippen molar-refractivity contribution in [2.24, 2.45) is 0 Å². The normalized spacial score (nSPS) is 21.3. The van der Waals surface area contributed by atoms with Crippen LogP contribution < -0.4 is 0 Å². The van der Waals surface area contributed by atoms with Crippen LogP contribution in [0.2, 0.25) is 0 Å². The molecule has 0 aliphatic heterocycles. The van der Waals surface area contributed by atoms with Crippen LogP contribution in [0.15, 0.2) is 4.52 Å². The Hall–Kier alpha value is -1.99. The number of alkyl halides is 3. The molecule has 0 saturated heterocycles. The number of hydrogen-bond acceptors (Lipinski definition) is 5. The monoisotopic (exact) mass is 324 g/mol. The van der Waals surface area contributed by atoms with E-state index in [2.05, 4.69) is 20.1 Å². The van der Waals surface area contributed by atoms with Crippen LogP contribution in [0.1, 0.15) is 65.6 Å². The summed E-state index contributed by atoms with van der Waals surface area (Å²) < 4.78 is 45.1. The van der Waals surface area contributed by atoms with E-state index in [1.807, 2.05) is 0 Å². The smallest absolute Gasteiger partial charge is 0.339 e. The zero-order valence-corrected chi connectivity index (χ0v) is 12.5. The Bertz CT molecular complexity index is 752. The molecule has 0 aromatic carbocycles. The summed E-state index contributed by atoms with van der Waals surface area (Å²) in [6.45, 7) is 1.49. The van der Waals surface area contributed by atoms with Crippen molar-refractivity contribution >= 4 is 0 Å². The van der Waals surface area contributed by atoms with Gasteiger partial charge < -0.3 is 4.52 Å². The van der Waals surface area contributed by atoms with Crippen molar-refractivity contribution < 1.29 is 17.7 Å².